The average molecular weight is 143 g/mol. The summed E-state index contributed by atoms with van der Waals surface area (Å²) in [6, 6.07) is -0.183. The fraction of sp³-hybridized carbons (Fsp3) is 0.250. The number of methoxy groups -OCH3 is 1. The molecule has 0 fully saturated rings. The van der Waals surface area contributed by atoms with Gasteiger partial charge in [0.1, 0.15) is 0 Å². The highest BCUT2D eigenvalue weighted by atomic mass is 19.1. The maximum absolute atomic E-state index is 12.2. The zero-order chi connectivity index (χ0) is 7.56. The standard InChI is InChI=1S/C4H4FN4O/c1-10-4-8-2(5)7-3(6)9-4/h6H,1H3. The predicted molar refractivity (Wildman–Crippen MR) is 29.1 cm³/mol. The van der Waals surface area contributed by atoms with Crippen molar-refractivity contribution in [1.29, 1.82) is 0 Å². The minimum Gasteiger partial charge on any atom is -0.467 e. The fourth-order valence-corrected chi connectivity index (χ4v) is 0.423. The van der Waals surface area contributed by atoms with E-state index in [9.17, 15) is 4.39 Å². The van der Waals surface area contributed by atoms with E-state index in [-0.39, 0.29) is 6.01 Å². The summed E-state index contributed by atoms with van der Waals surface area (Å²) in [7, 11) is 1.29. The van der Waals surface area contributed by atoms with Crippen LogP contribution in [0.2, 0.25) is 0 Å². The molecule has 0 bridgehead atoms. The van der Waals surface area contributed by atoms with E-state index in [4.69, 9.17) is 5.73 Å². The molecule has 0 aliphatic carbocycles. The van der Waals surface area contributed by atoms with Gasteiger partial charge in [0.25, 0.3) is 0 Å². The van der Waals surface area contributed by atoms with E-state index in [2.05, 4.69) is 19.7 Å². The summed E-state index contributed by atoms with van der Waals surface area (Å²) >= 11 is 0. The molecule has 0 amide bonds. The van der Waals surface area contributed by atoms with Gasteiger partial charge in [0, 0.05) is 0 Å². The van der Waals surface area contributed by atoms with Crippen LogP contribution in [0.5, 0.6) is 6.01 Å². The number of ether oxygens (including phenoxy) is 1. The van der Waals surface area contributed by atoms with Gasteiger partial charge in [0.05, 0.1) is 7.11 Å². The Morgan fingerprint density at radius 3 is 2.60 bits per heavy atom. The summed E-state index contributed by atoms with van der Waals surface area (Å²) in [5.74, 6) is -0.440. The van der Waals surface area contributed by atoms with Crippen LogP contribution in [0.25, 0.3) is 0 Å². The van der Waals surface area contributed by atoms with Crippen LogP contribution < -0.4 is 10.5 Å². The number of rotatable bonds is 1. The first kappa shape index (κ1) is 6.66. The highest BCUT2D eigenvalue weighted by Gasteiger charge is 2.01. The van der Waals surface area contributed by atoms with Crippen LogP contribution in [0.15, 0.2) is 0 Å². The van der Waals surface area contributed by atoms with E-state index in [1.54, 1.807) is 0 Å². The highest BCUT2D eigenvalue weighted by molar-refractivity contribution is 5.09. The summed E-state index contributed by atoms with van der Waals surface area (Å²) in [6.45, 7) is 0. The number of nitrogens with one attached hydrogen (secondary N) is 1. The molecule has 0 aliphatic rings. The molecular weight excluding hydrogens is 139 g/mol. The SMILES string of the molecule is COc1nc([NH])nc(F)n1. The molecule has 6 heteroatoms. The third-order valence-electron chi connectivity index (χ3n) is 0.770. The Labute approximate surface area is 56.1 Å². The van der Waals surface area contributed by atoms with Gasteiger partial charge in [-0.3, -0.25) is 5.73 Å². The minimum absolute atomic E-state index is 0.183. The molecule has 1 aromatic heterocycles. The number of halogens is 1. The van der Waals surface area contributed by atoms with Crippen molar-refractivity contribution >= 4 is 5.95 Å². The summed E-state index contributed by atoms with van der Waals surface area (Å²) in [6.07, 6.45) is -1.00. The third-order valence-corrected chi connectivity index (χ3v) is 0.770. The summed E-state index contributed by atoms with van der Waals surface area (Å²) in [5.41, 5.74) is 6.80. The lowest BCUT2D eigenvalue weighted by Gasteiger charge is -1.95. The fourth-order valence-electron chi connectivity index (χ4n) is 0.423. The molecule has 1 aromatic rings. The van der Waals surface area contributed by atoms with Gasteiger partial charge in [-0.15, -0.1) is 4.98 Å². The molecule has 53 valence electrons. The van der Waals surface area contributed by atoms with E-state index >= 15 is 0 Å². The second kappa shape index (κ2) is 2.42. The van der Waals surface area contributed by atoms with Gasteiger partial charge in [-0.05, 0) is 0 Å². The first-order valence-corrected chi connectivity index (χ1v) is 2.39. The minimum atomic E-state index is -1.00. The summed E-state index contributed by atoms with van der Waals surface area (Å²) in [4.78, 5) is 9.44. The van der Waals surface area contributed by atoms with Crippen molar-refractivity contribution in [2.24, 2.45) is 0 Å². The van der Waals surface area contributed by atoms with Crippen molar-refractivity contribution in [3.05, 3.63) is 6.08 Å². The quantitative estimate of drug-likeness (QED) is 0.551. The zero-order valence-electron chi connectivity index (χ0n) is 5.13. The van der Waals surface area contributed by atoms with E-state index < -0.39 is 12.0 Å². The first-order chi connectivity index (χ1) is 4.72. The molecule has 1 radical (unpaired) electrons. The monoisotopic (exact) mass is 143 g/mol. The van der Waals surface area contributed by atoms with E-state index in [1.807, 2.05) is 0 Å². The maximum Gasteiger partial charge on any atom is 0.323 e. The Morgan fingerprint density at radius 2 is 2.10 bits per heavy atom. The average Bonchev–Trinajstić information content (AvgIpc) is 1.85. The van der Waals surface area contributed by atoms with Crippen molar-refractivity contribution in [1.82, 2.24) is 20.7 Å². The lowest BCUT2D eigenvalue weighted by atomic mass is 10.9. The number of nitrogens with zero attached hydrogens (tertiary/aromatic N) is 3. The van der Waals surface area contributed by atoms with Gasteiger partial charge >= 0.3 is 12.1 Å². The van der Waals surface area contributed by atoms with Crippen LogP contribution in [0, 0.1) is 6.08 Å². The number of hydrogen-bond acceptors (Lipinski definition) is 4. The van der Waals surface area contributed by atoms with Crippen LogP contribution in [-0.2, 0) is 0 Å². The summed E-state index contributed by atoms with van der Waals surface area (Å²) < 4.78 is 16.6. The second-order valence-corrected chi connectivity index (χ2v) is 1.41. The van der Waals surface area contributed by atoms with Crippen molar-refractivity contribution < 1.29 is 9.13 Å². The lowest BCUT2D eigenvalue weighted by Crippen LogP contribution is -1.98. The molecule has 0 saturated carbocycles. The van der Waals surface area contributed by atoms with Crippen LogP contribution in [-0.4, -0.2) is 22.1 Å². The maximum atomic E-state index is 12.2. The van der Waals surface area contributed by atoms with Crippen molar-refractivity contribution in [2.75, 3.05) is 7.11 Å². The van der Waals surface area contributed by atoms with Crippen LogP contribution in [0.3, 0.4) is 0 Å². The first-order valence-electron chi connectivity index (χ1n) is 2.39. The van der Waals surface area contributed by atoms with E-state index in [0.717, 1.165) is 0 Å². The third kappa shape index (κ3) is 1.28. The van der Waals surface area contributed by atoms with Crippen LogP contribution in [0.4, 0.5) is 10.3 Å². The second-order valence-electron chi connectivity index (χ2n) is 1.41. The topological polar surface area (TPSA) is 71.7 Å². The highest BCUT2D eigenvalue weighted by Crippen LogP contribution is 2.02. The van der Waals surface area contributed by atoms with Crippen molar-refractivity contribution in [3.63, 3.8) is 0 Å². The van der Waals surface area contributed by atoms with Gasteiger partial charge in [0.15, 0.2) is 0 Å². The Morgan fingerprint density at radius 1 is 1.40 bits per heavy atom. The molecule has 1 rings (SSSR count). The predicted octanol–water partition coefficient (Wildman–Crippen LogP) is -0.0663. The van der Waals surface area contributed by atoms with Crippen LogP contribution in [0.1, 0.15) is 0 Å². The Kier molecular flexibility index (Phi) is 1.61. The van der Waals surface area contributed by atoms with Crippen LogP contribution >= 0.6 is 0 Å². The molecule has 0 unspecified atom stereocenters. The van der Waals surface area contributed by atoms with Gasteiger partial charge in [-0.1, -0.05) is 0 Å². The normalized spacial score (nSPS) is 9.40. The van der Waals surface area contributed by atoms with Gasteiger partial charge in [-0.25, -0.2) is 0 Å². The zero-order valence-corrected chi connectivity index (χ0v) is 5.13. The smallest absolute Gasteiger partial charge is 0.323 e. The Hall–Kier alpha value is -1.46. The Balaban J connectivity index is 3.06. The molecular formula is C4H4FN4O. The number of hydrogen-bond donors (Lipinski definition) is 0. The lowest BCUT2D eigenvalue weighted by molar-refractivity contribution is 0.363. The molecule has 5 nitrogen and oxygen atoms in total. The largest absolute Gasteiger partial charge is 0.467 e. The molecule has 1 N–H and O–H groups in total. The molecule has 1 heterocycles. The molecule has 0 aliphatic heterocycles. The molecule has 0 saturated heterocycles. The van der Waals surface area contributed by atoms with E-state index in [1.165, 1.54) is 7.11 Å². The molecule has 0 spiro atoms. The van der Waals surface area contributed by atoms with Crippen molar-refractivity contribution in [2.45, 2.75) is 0 Å². The number of aromatic nitrogens is 3. The molecule has 10 heavy (non-hydrogen) atoms. The Bertz CT molecular complexity index is 220. The van der Waals surface area contributed by atoms with Gasteiger partial charge in [0.2, 0.25) is 5.95 Å². The summed E-state index contributed by atoms with van der Waals surface area (Å²) in [5, 5.41) is 0. The van der Waals surface area contributed by atoms with E-state index in [0.29, 0.717) is 0 Å². The van der Waals surface area contributed by atoms with Crippen molar-refractivity contribution in [3.8, 4) is 6.01 Å². The molecule has 0 aromatic carbocycles. The van der Waals surface area contributed by atoms with Gasteiger partial charge < -0.3 is 4.74 Å². The molecule has 0 atom stereocenters. The van der Waals surface area contributed by atoms with Gasteiger partial charge in [-0.2, -0.15) is 14.4 Å².